The van der Waals surface area contributed by atoms with Gasteiger partial charge in [0.15, 0.2) is 6.29 Å². The summed E-state index contributed by atoms with van der Waals surface area (Å²) < 4.78 is 43.6. The fourth-order valence-electron chi connectivity index (χ4n) is 0.622. The topological polar surface area (TPSA) is 21.8 Å². The van der Waals surface area contributed by atoms with E-state index in [4.69, 9.17) is 0 Å². The first kappa shape index (κ1) is 7.81. The lowest BCUT2D eigenvalue weighted by Crippen LogP contribution is -2.19. The first-order valence-electron chi connectivity index (χ1n) is 2.89. The lowest BCUT2D eigenvalue weighted by atomic mass is 10.4. The Morgan fingerprint density at radius 3 is 2.40 bits per heavy atom. The molecule has 0 N–H and O–H groups in total. The molecule has 0 amide bonds. The monoisotopic (exact) mass is 156 g/mol. The minimum absolute atomic E-state index is 0.247. The van der Waals surface area contributed by atoms with Gasteiger partial charge >= 0.3 is 6.18 Å². The molecule has 1 heterocycles. The van der Waals surface area contributed by atoms with Crippen LogP contribution in [-0.4, -0.2) is 25.2 Å². The highest BCUT2D eigenvalue weighted by Crippen LogP contribution is 2.37. The molecule has 0 aromatic heterocycles. The third-order valence-corrected chi connectivity index (χ3v) is 1.10. The van der Waals surface area contributed by atoms with Crippen LogP contribution in [0.2, 0.25) is 0 Å². The van der Waals surface area contributed by atoms with Crippen LogP contribution in [0.25, 0.3) is 0 Å². The van der Waals surface area contributed by atoms with Crippen LogP contribution in [0, 0.1) is 0 Å². The van der Waals surface area contributed by atoms with Crippen LogP contribution in [0.5, 0.6) is 0 Å². The van der Waals surface area contributed by atoms with Gasteiger partial charge in [-0.25, -0.2) is 0 Å². The number of alkyl halides is 3. The van der Waals surface area contributed by atoms with Crippen molar-refractivity contribution in [2.24, 2.45) is 0 Å². The van der Waals surface area contributed by atoms with Crippen LogP contribution in [0.3, 0.4) is 0 Å². The summed E-state index contributed by atoms with van der Waals surface area (Å²) in [5.74, 6) is 0. The van der Waals surface area contributed by atoms with Gasteiger partial charge < -0.3 is 9.47 Å². The Bertz CT molecular complexity index is 123. The quantitative estimate of drug-likeness (QED) is 0.562. The van der Waals surface area contributed by atoms with E-state index in [1.54, 1.807) is 6.92 Å². The van der Waals surface area contributed by atoms with Gasteiger partial charge in [-0.2, -0.15) is 13.2 Å². The van der Waals surface area contributed by atoms with Crippen LogP contribution in [-0.2, 0) is 9.47 Å². The SMILES string of the molecule is CCOC1OC1C(F)(F)F. The number of ether oxygens (including phenoxy) is 2. The van der Waals surface area contributed by atoms with Crippen molar-refractivity contribution in [2.45, 2.75) is 25.5 Å². The maximum absolute atomic E-state index is 11.6. The zero-order valence-corrected chi connectivity index (χ0v) is 5.31. The lowest BCUT2D eigenvalue weighted by molar-refractivity contribution is -0.147. The molecule has 0 aromatic rings. The van der Waals surface area contributed by atoms with Crippen molar-refractivity contribution in [2.75, 3.05) is 6.61 Å². The Kier molecular flexibility index (Phi) is 1.87. The Morgan fingerprint density at radius 2 is 2.10 bits per heavy atom. The molecule has 1 rings (SSSR count). The highest BCUT2D eigenvalue weighted by Gasteiger charge is 2.59. The van der Waals surface area contributed by atoms with E-state index in [-0.39, 0.29) is 6.61 Å². The molecule has 10 heavy (non-hydrogen) atoms. The van der Waals surface area contributed by atoms with Crippen molar-refractivity contribution < 1.29 is 22.6 Å². The standard InChI is InChI=1S/C5H7F3O2/c1-2-9-4-3(10-4)5(6,7)8/h3-4H,2H2,1H3. The van der Waals surface area contributed by atoms with E-state index in [0.29, 0.717) is 0 Å². The van der Waals surface area contributed by atoms with Crippen molar-refractivity contribution >= 4 is 0 Å². The van der Waals surface area contributed by atoms with Crippen molar-refractivity contribution in [3.8, 4) is 0 Å². The summed E-state index contributed by atoms with van der Waals surface area (Å²) in [5.41, 5.74) is 0. The van der Waals surface area contributed by atoms with Gasteiger partial charge in [-0.05, 0) is 6.92 Å². The zero-order chi connectivity index (χ0) is 7.78. The van der Waals surface area contributed by atoms with E-state index in [9.17, 15) is 13.2 Å². The summed E-state index contributed by atoms with van der Waals surface area (Å²) >= 11 is 0. The first-order chi connectivity index (χ1) is 4.55. The Morgan fingerprint density at radius 1 is 1.50 bits per heavy atom. The minimum Gasteiger partial charge on any atom is -0.350 e. The maximum Gasteiger partial charge on any atom is 0.419 e. The second-order valence-corrected chi connectivity index (χ2v) is 1.92. The average Bonchev–Trinajstić information content (AvgIpc) is 2.44. The number of halogens is 3. The molecule has 1 fully saturated rings. The van der Waals surface area contributed by atoms with Gasteiger partial charge in [0, 0.05) is 6.61 Å². The molecule has 2 atom stereocenters. The van der Waals surface area contributed by atoms with E-state index < -0.39 is 18.6 Å². The van der Waals surface area contributed by atoms with E-state index in [2.05, 4.69) is 9.47 Å². The number of hydrogen-bond acceptors (Lipinski definition) is 2. The Balaban J connectivity index is 2.25. The van der Waals surface area contributed by atoms with Crippen LogP contribution < -0.4 is 0 Å². The lowest BCUT2D eigenvalue weighted by Gasteiger charge is -1.99. The van der Waals surface area contributed by atoms with Crippen LogP contribution >= 0.6 is 0 Å². The molecule has 0 saturated carbocycles. The minimum atomic E-state index is -4.26. The molecule has 0 spiro atoms. The molecule has 2 unspecified atom stereocenters. The summed E-state index contributed by atoms with van der Waals surface area (Å²) in [6.07, 6.45) is -7.00. The number of hydrogen-bond donors (Lipinski definition) is 0. The Labute approximate surface area is 55.9 Å². The van der Waals surface area contributed by atoms with Crippen molar-refractivity contribution in [1.82, 2.24) is 0 Å². The molecule has 1 saturated heterocycles. The molecule has 0 aromatic carbocycles. The summed E-state index contributed by atoms with van der Waals surface area (Å²) in [6, 6.07) is 0. The van der Waals surface area contributed by atoms with Crippen LogP contribution in [0.1, 0.15) is 6.92 Å². The molecule has 5 heteroatoms. The molecular weight excluding hydrogens is 149 g/mol. The van der Waals surface area contributed by atoms with E-state index in [1.165, 1.54) is 0 Å². The second kappa shape index (κ2) is 2.39. The van der Waals surface area contributed by atoms with E-state index >= 15 is 0 Å². The molecular formula is C5H7F3O2. The normalized spacial score (nSPS) is 32.4. The van der Waals surface area contributed by atoms with Gasteiger partial charge in [0.05, 0.1) is 0 Å². The number of rotatable bonds is 2. The molecule has 0 bridgehead atoms. The summed E-state index contributed by atoms with van der Waals surface area (Å²) in [5, 5.41) is 0. The predicted octanol–water partition coefficient (Wildman–Crippen LogP) is 1.31. The maximum atomic E-state index is 11.6. The van der Waals surface area contributed by atoms with E-state index in [0.717, 1.165) is 0 Å². The zero-order valence-electron chi connectivity index (χ0n) is 5.31. The molecule has 60 valence electrons. The van der Waals surface area contributed by atoms with Crippen molar-refractivity contribution in [1.29, 1.82) is 0 Å². The second-order valence-electron chi connectivity index (χ2n) is 1.92. The molecule has 2 nitrogen and oxygen atoms in total. The smallest absolute Gasteiger partial charge is 0.350 e. The van der Waals surface area contributed by atoms with Gasteiger partial charge in [0.2, 0.25) is 6.10 Å². The fraction of sp³-hybridized carbons (Fsp3) is 1.00. The van der Waals surface area contributed by atoms with Crippen molar-refractivity contribution in [3.05, 3.63) is 0 Å². The number of epoxide rings is 1. The molecule has 0 radical (unpaired) electrons. The summed E-state index contributed by atoms with van der Waals surface area (Å²) in [4.78, 5) is 0. The van der Waals surface area contributed by atoms with Crippen LogP contribution in [0.4, 0.5) is 13.2 Å². The molecule has 0 aliphatic carbocycles. The van der Waals surface area contributed by atoms with Gasteiger partial charge in [-0.3, -0.25) is 0 Å². The van der Waals surface area contributed by atoms with Gasteiger partial charge in [0.25, 0.3) is 0 Å². The van der Waals surface area contributed by atoms with Gasteiger partial charge in [-0.15, -0.1) is 0 Å². The summed E-state index contributed by atoms with van der Waals surface area (Å²) in [7, 11) is 0. The highest BCUT2D eigenvalue weighted by molar-refractivity contribution is 4.83. The average molecular weight is 156 g/mol. The predicted molar refractivity (Wildman–Crippen MR) is 26.3 cm³/mol. The van der Waals surface area contributed by atoms with Gasteiger partial charge in [-0.1, -0.05) is 0 Å². The molecule has 1 aliphatic heterocycles. The third-order valence-electron chi connectivity index (χ3n) is 1.10. The van der Waals surface area contributed by atoms with Crippen LogP contribution in [0.15, 0.2) is 0 Å². The Hall–Kier alpha value is -0.290. The first-order valence-corrected chi connectivity index (χ1v) is 2.89. The summed E-state index contributed by atoms with van der Waals surface area (Å²) in [6.45, 7) is 1.87. The third kappa shape index (κ3) is 1.60. The fourth-order valence-corrected chi connectivity index (χ4v) is 0.622. The highest BCUT2D eigenvalue weighted by atomic mass is 19.4. The van der Waals surface area contributed by atoms with Crippen molar-refractivity contribution in [3.63, 3.8) is 0 Å². The molecule has 1 aliphatic rings. The van der Waals surface area contributed by atoms with Gasteiger partial charge in [0.1, 0.15) is 0 Å². The largest absolute Gasteiger partial charge is 0.419 e. The van der Waals surface area contributed by atoms with E-state index in [1.807, 2.05) is 0 Å².